The maximum absolute atomic E-state index is 12.6. The molecule has 1 aromatic heterocycles. The highest BCUT2D eigenvalue weighted by molar-refractivity contribution is 5.79. The van der Waals surface area contributed by atoms with Gasteiger partial charge >= 0.3 is 0 Å². The monoisotopic (exact) mass is 388 g/mol. The van der Waals surface area contributed by atoms with Gasteiger partial charge in [-0.05, 0) is 76.9 Å². The molecule has 0 radical (unpaired) electrons. The maximum atomic E-state index is 12.6. The van der Waals surface area contributed by atoms with Crippen LogP contribution in [0.2, 0.25) is 0 Å². The van der Waals surface area contributed by atoms with Gasteiger partial charge in [-0.15, -0.1) is 0 Å². The second kappa shape index (κ2) is 9.81. The zero-order chi connectivity index (χ0) is 20.0. The minimum Gasteiger partial charge on any atom is -0.377 e. The normalized spacial score (nSPS) is 22.9. The van der Waals surface area contributed by atoms with E-state index in [1.807, 2.05) is 26.2 Å². The fourth-order valence-electron chi connectivity index (χ4n) is 4.26. The van der Waals surface area contributed by atoms with Crippen LogP contribution in [-0.2, 0) is 16.1 Å². The zero-order valence-corrected chi connectivity index (χ0v) is 17.7. The number of aromatic nitrogens is 1. The second-order valence-corrected chi connectivity index (χ2v) is 8.88. The third kappa shape index (κ3) is 6.00. The molecule has 0 unspecified atom stereocenters. The Kier molecular flexibility index (Phi) is 7.43. The van der Waals surface area contributed by atoms with E-state index in [1.54, 1.807) is 7.11 Å². The minimum atomic E-state index is -0.314. The van der Waals surface area contributed by atoms with Crippen LogP contribution in [-0.4, -0.2) is 72.2 Å². The zero-order valence-electron chi connectivity index (χ0n) is 17.7. The second-order valence-electron chi connectivity index (χ2n) is 8.88. The van der Waals surface area contributed by atoms with Crippen molar-refractivity contribution in [2.45, 2.75) is 57.7 Å². The van der Waals surface area contributed by atoms with E-state index in [-0.39, 0.29) is 17.4 Å². The van der Waals surface area contributed by atoms with E-state index in [9.17, 15) is 4.79 Å². The highest BCUT2D eigenvalue weighted by Crippen LogP contribution is 2.25. The Morgan fingerprint density at radius 3 is 2.61 bits per heavy atom. The van der Waals surface area contributed by atoms with Gasteiger partial charge in [-0.3, -0.25) is 19.6 Å². The Balaban J connectivity index is 1.44. The van der Waals surface area contributed by atoms with Crippen molar-refractivity contribution in [1.29, 1.82) is 0 Å². The highest BCUT2D eigenvalue weighted by Gasteiger charge is 2.32. The lowest BCUT2D eigenvalue weighted by molar-refractivity contribution is -0.128. The molecular weight excluding hydrogens is 352 g/mol. The number of pyridine rings is 1. The summed E-state index contributed by atoms with van der Waals surface area (Å²) in [7, 11) is 1.69. The van der Waals surface area contributed by atoms with Gasteiger partial charge < -0.3 is 10.1 Å². The number of methoxy groups -OCH3 is 1. The van der Waals surface area contributed by atoms with Crippen LogP contribution >= 0.6 is 0 Å². The third-order valence-corrected chi connectivity index (χ3v) is 6.29. The first-order valence-corrected chi connectivity index (χ1v) is 10.6. The Hall–Kier alpha value is -1.50. The van der Waals surface area contributed by atoms with Crippen molar-refractivity contribution in [1.82, 2.24) is 20.1 Å². The number of hydrogen-bond acceptors (Lipinski definition) is 5. The van der Waals surface area contributed by atoms with Crippen LogP contribution in [0, 0.1) is 5.92 Å². The van der Waals surface area contributed by atoms with E-state index in [0.29, 0.717) is 12.6 Å². The lowest BCUT2D eigenvalue weighted by Gasteiger charge is -2.42. The maximum Gasteiger partial charge on any atom is 0.224 e. The predicted molar refractivity (Wildman–Crippen MR) is 111 cm³/mol. The molecule has 0 bridgehead atoms. The van der Waals surface area contributed by atoms with Crippen LogP contribution in [0.4, 0.5) is 0 Å². The van der Waals surface area contributed by atoms with Gasteiger partial charge in [-0.1, -0.05) is 0 Å². The van der Waals surface area contributed by atoms with Crippen LogP contribution in [0.25, 0.3) is 0 Å². The minimum absolute atomic E-state index is 0.108. The van der Waals surface area contributed by atoms with Crippen LogP contribution in [0.5, 0.6) is 0 Å². The van der Waals surface area contributed by atoms with Gasteiger partial charge in [0.25, 0.3) is 0 Å². The molecule has 1 N–H and O–H groups in total. The van der Waals surface area contributed by atoms with Crippen molar-refractivity contribution in [2.24, 2.45) is 5.92 Å². The molecule has 1 aromatic rings. The van der Waals surface area contributed by atoms with Gasteiger partial charge in [0.05, 0.1) is 11.5 Å². The van der Waals surface area contributed by atoms with Crippen molar-refractivity contribution >= 4 is 5.91 Å². The van der Waals surface area contributed by atoms with E-state index in [4.69, 9.17) is 4.74 Å². The molecule has 2 aliphatic heterocycles. The number of ether oxygens (including phenoxy) is 1. The van der Waals surface area contributed by atoms with Crippen molar-refractivity contribution in [3.63, 3.8) is 0 Å². The Bertz CT molecular complexity index is 614. The topological polar surface area (TPSA) is 57.7 Å². The van der Waals surface area contributed by atoms with Gasteiger partial charge in [-0.25, -0.2) is 0 Å². The lowest BCUT2D eigenvalue weighted by Crippen LogP contribution is -2.51. The SMILES string of the molecule is COC(C)(C)CNC(=O)[C@H]1CCCN(C2CCN(Cc3ccncc3)CC2)C1. The fourth-order valence-corrected chi connectivity index (χ4v) is 4.26. The van der Waals surface area contributed by atoms with E-state index >= 15 is 0 Å². The summed E-state index contributed by atoms with van der Waals surface area (Å²) in [5.74, 6) is 0.293. The van der Waals surface area contributed by atoms with Crippen molar-refractivity contribution in [3.05, 3.63) is 30.1 Å². The first-order chi connectivity index (χ1) is 13.5. The molecule has 1 amide bonds. The molecule has 3 heterocycles. The smallest absolute Gasteiger partial charge is 0.224 e. The molecule has 3 rings (SSSR count). The van der Waals surface area contributed by atoms with Crippen LogP contribution in [0.3, 0.4) is 0 Å². The van der Waals surface area contributed by atoms with Crippen molar-refractivity contribution in [2.75, 3.05) is 39.8 Å². The number of carbonyl (C=O) groups excluding carboxylic acids is 1. The fraction of sp³-hybridized carbons (Fsp3) is 0.727. The molecule has 0 aromatic carbocycles. The number of carbonyl (C=O) groups is 1. The highest BCUT2D eigenvalue weighted by atomic mass is 16.5. The molecule has 0 saturated carbocycles. The lowest BCUT2D eigenvalue weighted by atomic mass is 9.93. The molecule has 0 aliphatic carbocycles. The summed E-state index contributed by atoms with van der Waals surface area (Å²) in [4.78, 5) is 21.8. The summed E-state index contributed by atoms with van der Waals surface area (Å²) in [6.45, 7) is 9.85. The van der Waals surface area contributed by atoms with Gasteiger partial charge in [0.1, 0.15) is 0 Å². The number of piperidine rings is 2. The number of nitrogens with zero attached hydrogens (tertiary/aromatic N) is 3. The molecule has 2 fully saturated rings. The molecule has 156 valence electrons. The standard InChI is InChI=1S/C22H36N4O2/c1-22(2,28-3)17-24-21(27)19-5-4-12-26(16-19)20-8-13-25(14-9-20)15-18-6-10-23-11-7-18/h6-7,10-11,19-20H,4-5,8-9,12-17H2,1-3H3,(H,24,27)/t19-/m0/s1. The Morgan fingerprint density at radius 2 is 1.93 bits per heavy atom. The van der Waals surface area contributed by atoms with Gasteiger partial charge in [0, 0.05) is 45.2 Å². The molecule has 2 aliphatic rings. The average Bonchev–Trinajstić information content (AvgIpc) is 2.73. The van der Waals surface area contributed by atoms with Gasteiger partial charge in [-0.2, -0.15) is 0 Å². The number of nitrogens with one attached hydrogen (secondary N) is 1. The van der Waals surface area contributed by atoms with E-state index in [2.05, 4.69) is 32.2 Å². The first kappa shape index (κ1) is 21.2. The van der Waals surface area contributed by atoms with E-state index in [1.165, 1.54) is 18.4 Å². The number of likely N-dealkylation sites (tertiary alicyclic amines) is 2. The van der Waals surface area contributed by atoms with Crippen molar-refractivity contribution < 1.29 is 9.53 Å². The summed E-state index contributed by atoms with van der Waals surface area (Å²) in [5.41, 5.74) is 1.02. The first-order valence-electron chi connectivity index (χ1n) is 10.6. The molecule has 2 saturated heterocycles. The van der Waals surface area contributed by atoms with Gasteiger partial charge in [0.2, 0.25) is 5.91 Å². The molecular formula is C22H36N4O2. The Morgan fingerprint density at radius 1 is 1.21 bits per heavy atom. The number of hydrogen-bond donors (Lipinski definition) is 1. The summed E-state index contributed by atoms with van der Waals surface area (Å²) < 4.78 is 5.41. The average molecular weight is 389 g/mol. The largest absolute Gasteiger partial charge is 0.377 e. The summed E-state index contributed by atoms with van der Waals surface area (Å²) >= 11 is 0. The quantitative estimate of drug-likeness (QED) is 0.777. The third-order valence-electron chi connectivity index (χ3n) is 6.29. The van der Waals surface area contributed by atoms with E-state index in [0.717, 1.165) is 45.6 Å². The van der Waals surface area contributed by atoms with Gasteiger partial charge in [0.15, 0.2) is 0 Å². The van der Waals surface area contributed by atoms with E-state index < -0.39 is 0 Å². The van der Waals surface area contributed by atoms with Crippen LogP contribution in [0.1, 0.15) is 45.1 Å². The van der Waals surface area contributed by atoms with Crippen molar-refractivity contribution in [3.8, 4) is 0 Å². The predicted octanol–water partition coefficient (Wildman–Crippen LogP) is 2.30. The molecule has 6 nitrogen and oxygen atoms in total. The summed E-state index contributed by atoms with van der Waals surface area (Å²) in [6.07, 6.45) is 8.23. The van der Waals surface area contributed by atoms with Crippen LogP contribution < -0.4 is 5.32 Å². The molecule has 1 atom stereocenters. The number of rotatable bonds is 7. The summed E-state index contributed by atoms with van der Waals surface area (Å²) in [5, 5.41) is 3.10. The number of amides is 1. The molecule has 28 heavy (non-hydrogen) atoms. The van der Waals surface area contributed by atoms with Crippen LogP contribution in [0.15, 0.2) is 24.5 Å². The molecule has 0 spiro atoms. The Labute approximate surface area is 169 Å². The molecule has 6 heteroatoms. The summed E-state index contributed by atoms with van der Waals surface area (Å²) in [6, 6.07) is 4.81.